The standard InChI is InChI=1S/C46H52ClF2N9O7/c1-21(2)37(54-45(61)63-5)42(59)56-19-26(48)15-33(56)40-50-17-30(52-40)24-10-12-32-29(13-24)36(47)39-28-11-9-25(14-35(28)65-44(58(32)39)23-7-8-23)31-18-51-41(53-31)34-16-27(49)20-57(34)43(60)38(22(3)4)55-46(62)64-6/h9-14,17-18,21-23,26-27,33-34,37-38,44H,7-8,15-16,19-20H2,1-6H3,(H,50,52)(H,51,53)(H,54,61)(H,55,62)/t26-,27-,33+,34+,37+,38+,44?/m1/s1. The van der Waals surface area contributed by atoms with Crippen LogP contribution in [0.2, 0.25) is 5.02 Å². The topological polar surface area (TPSA) is 189 Å². The Morgan fingerprint density at radius 2 is 1.29 bits per heavy atom. The smallest absolute Gasteiger partial charge is 0.407 e. The minimum atomic E-state index is -1.27. The summed E-state index contributed by atoms with van der Waals surface area (Å²) in [6.07, 6.45) is 1.08. The van der Waals surface area contributed by atoms with Crippen LogP contribution >= 0.6 is 11.6 Å². The maximum Gasteiger partial charge on any atom is 0.407 e. The molecule has 9 rings (SSSR count). The fourth-order valence-electron chi connectivity index (χ4n) is 9.45. The van der Waals surface area contributed by atoms with Gasteiger partial charge in [-0.15, -0.1) is 0 Å². The number of likely N-dealkylation sites (tertiary alicyclic amines) is 2. The van der Waals surface area contributed by atoms with Gasteiger partial charge >= 0.3 is 12.2 Å². The van der Waals surface area contributed by atoms with E-state index in [4.69, 9.17) is 25.8 Å². The molecule has 16 nitrogen and oxygen atoms in total. The number of benzene rings is 2. The van der Waals surface area contributed by atoms with Gasteiger partial charge in [-0.2, -0.15) is 0 Å². The van der Waals surface area contributed by atoms with Crippen molar-refractivity contribution in [2.45, 2.75) is 96.1 Å². The third-order valence-electron chi connectivity index (χ3n) is 13.0. The van der Waals surface area contributed by atoms with Crippen LogP contribution in [0.15, 0.2) is 48.8 Å². The van der Waals surface area contributed by atoms with Gasteiger partial charge in [-0.1, -0.05) is 51.4 Å². The molecule has 4 aliphatic rings. The van der Waals surface area contributed by atoms with Crippen molar-refractivity contribution in [1.29, 1.82) is 0 Å². The molecule has 344 valence electrons. The quantitative estimate of drug-likeness (QED) is 0.102. The lowest BCUT2D eigenvalue weighted by molar-refractivity contribution is -0.136. The number of methoxy groups -OCH3 is 2. The number of ether oxygens (including phenoxy) is 3. The third-order valence-corrected chi connectivity index (χ3v) is 13.4. The van der Waals surface area contributed by atoms with Crippen molar-refractivity contribution in [1.82, 2.24) is 44.9 Å². The number of H-pyrrole nitrogens is 2. The number of rotatable bonds is 11. The van der Waals surface area contributed by atoms with Gasteiger partial charge in [0.05, 0.1) is 79.4 Å². The lowest BCUT2D eigenvalue weighted by Gasteiger charge is -2.30. The Bertz CT molecular complexity index is 2660. The first-order chi connectivity index (χ1) is 31.1. The van der Waals surface area contributed by atoms with Gasteiger partial charge in [-0.05, 0) is 48.9 Å². The first-order valence-corrected chi connectivity index (χ1v) is 22.4. The number of hydrogen-bond acceptors (Lipinski definition) is 9. The monoisotopic (exact) mass is 915 g/mol. The van der Waals surface area contributed by atoms with Crippen LogP contribution in [-0.2, 0) is 19.1 Å². The van der Waals surface area contributed by atoms with Gasteiger partial charge in [0.15, 0.2) is 6.23 Å². The summed E-state index contributed by atoms with van der Waals surface area (Å²) < 4.78 is 48.5. The molecule has 1 aliphatic carbocycles. The molecule has 2 saturated heterocycles. The zero-order valence-corrected chi connectivity index (χ0v) is 37.6. The number of aromatic amines is 2. The summed E-state index contributed by atoms with van der Waals surface area (Å²) in [5.41, 5.74) is 5.40. The third kappa shape index (κ3) is 8.14. The Labute approximate surface area is 378 Å². The van der Waals surface area contributed by atoms with Crippen LogP contribution in [-0.4, -0.2) is 110 Å². The Balaban J connectivity index is 0.993. The average molecular weight is 916 g/mol. The van der Waals surface area contributed by atoms with E-state index in [9.17, 15) is 23.6 Å². The number of amides is 4. The molecule has 65 heavy (non-hydrogen) atoms. The van der Waals surface area contributed by atoms with Crippen LogP contribution in [0.5, 0.6) is 5.75 Å². The van der Waals surface area contributed by atoms with Gasteiger partial charge in [0, 0.05) is 40.8 Å². The van der Waals surface area contributed by atoms with Gasteiger partial charge in [-0.3, -0.25) is 9.59 Å². The van der Waals surface area contributed by atoms with Crippen molar-refractivity contribution < 1.29 is 42.2 Å². The number of imidazole rings is 2. The van der Waals surface area contributed by atoms with Crippen LogP contribution in [0.4, 0.5) is 18.4 Å². The summed E-state index contributed by atoms with van der Waals surface area (Å²) in [5.74, 6) is 0.400. The van der Waals surface area contributed by atoms with Crippen LogP contribution in [0, 0.1) is 17.8 Å². The number of carbonyl (C=O) groups is 4. The molecule has 7 atom stereocenters. The highest BCUT2D eigenvalue weighted by Gasteiger charge is 2.44. The highest BCUT2D eigenvalue weighted by atomic mass is 35.5. The molecular formula is C46H52ClF2N9O7. The molecule has 1 saturated carbocycles. The van der Waals surface area contributed by atoms with E-state index in [0.29, 0.717) is 33.8 Å². The number of alkyl carbamates (subject to hydrolysis) is 2. The predicted molar refractivity (Wildman–Crippen MR) is 236 cm³/mol. The first-order valence-electron chi connectivity index (χ1n) is 22.0. The van der Waals surface area contributed by atoms with Crippen molar-refractivity contribution >= 4 is 46.5 Å². The number of alkyl halides is 2. The molecule has 0 spiro atoms. The maximum atomic E-state index is 15.0. The number of nitrogens with zero attached hydrogens (tertiary/aromatic N) is 5. The summed E-state index contributed by atoms with van der Waals surface area (Å²) >= 11 is 7.36. The number of halogens is 3. The van der Waals surface area contributed by atoms with Gasteiger partial charge in [0.2, 0.25) is 11.8 Å². The van der Waals surface area contributed by atoms with Crippen molar-refractivity contribution in [2.24, 2.45) is 17.8 Å². The van der Waals surface area contributed by atoms with Crippen molar-refractivity contribution in [3.8, 4) is 39.5 Å². The number of aromatic nitrogens is 5. The summed E-state index contributed by atoms with van der Waals surface area (Å²) in [7, 11) is 2.45. The fraction of sp³-hybridized carbons (Fsp3) is 0.478. The molecule has 3 aliphatic heterocycles. The zero-order valence-electron chi connectivity index (χ0n) is 36.9. The largest absolute Gasteiger partial charge is 0.469 e. The molecule has 4 amide bonds. The van der Waals surface area contributed by atoms with Gasteiger partial charge in [0.25, 0.3) is 0 Å². The molecule has 0 bridgehead atoms. The molecule has 4 N–H and O–H groups in total. The molecule has 3 aromatic heterocycles. The maximum absolute atomic E-state index is 15.0. The Morgan fingerprint density at radius 1 is 0.785 bits per heavy atom. The van der Waals surface area contributed by atoms with Crippen LogP contribution in [0.3, 0.4) is 0 Å². The highest BCUT2D eigenvalue weighted by molar-refractivity contribution is 6.38. The lowest BCUT2D eigenvalue weighted by atomic mass is 10.0. The van der Waals surface area contributed by atoms with Gasteiger partial charge in [0.1, 0.15) is 41.8 Å². The molecule has 5 aromatic rings. The Kier molecular flexibility index (Phi) is 11.7. The van der Waals surface area contributed by atoms with E-state index in [0.717, 1.165) is 46.1 Å². The lowest BCUT2D eigenvalue weighted by Crippen LogP contribution is -2.51. The van der Waals surface area contributed by atoms with E-state index in [1.807, 2.05) is 36.4 Å². The molecule has 2 aromatic carbocycles. The molecule has 3 fully saturated rings. The summed E-state index contributed by atoms with van der Waals surface area (Å²) in [4.78, 5) is 70.3. The van der Waals surface area contributed by atoms with Crippen LogP contribution in [0.25, 0.3) is 44.7 Å². The normalized spacial score (nSPS) is 22.4. The fourth-order valence-corrected chi connectivity index (χ4v) is 9.79. The molecular weight excluding hydrogens is 864 g/mol. The molecule has 0 radical (unpaired) electrons. The van der Waals surface area contributed by atoms with E-state index in [1.54, 1.807) is 40.1 Å². The highest BCUT2D eigenvalue weighted by Crippen LogP contribution is 2.53. The van der Waals surface area contributed by atoms with E-state index in [2.05, 4.69) is 35.1 Å². The predicted octanol–water partition coefficient (Wildman–Crippen LogP) is 8.03. The number of fused-ring (bicyclic) bond motifs is 5. The molecule has 6 heterocycles. The van der Waals surface area contributed by atoms with Crippen molar-refractivity contribution in [3.63, 3.8) is 0 Å². The summed E-state index contributed by atoms with van der Waals surface area (Å²) in [5, 5.41) is 6.54. The Hall–Kier alpha value is -6.17. The Morgan fingerprint density at radius 3 is 1.78 bits per heavy atom. The van der Waals surface area contributed by atoms with E-state index in [-0.39, 0.29) is 49.9 Å². The van der Waals surface area contributed by atoms with E-state index in [1.165, 1.54) is 24.0 Å². The molecule has 1 unspecified atom stereocenters. The summed E-state index contributed by atoms with van der Waals surface area (Å²) in [6.45, 7) is 6.95. The van der Waals surface area contributed by atoms with Crippen LogP contribution < -0.4 is 15.4 Å². The van der Waals surface area contributed by atoms with Gasteiger partial charge in [-0.25, -0.2) is 28.3 Å². The second-order valence-electron chi connectivity index (χ2n) is 18.1. The number of nitrogens with one attached hydrogen (secondary N) is 4. The molecule has 19 heteroatoms. The van der Waals surface area contributed by atoms with Crippen molar-refractivity contribution in [2.75, 3.05) is 27.3 Å². The van der Waals surface area contributed by atoms with Crippen molar-refractivity contribution in [3.05, 3.63) is 65.5 Å². The van der Waals surface area contributed by atoms with Gasteiger partial charge < -0.3 is 49.2 Å². The van der Waals surface area contributed by atoms with E-state index >= 15 is 4.39 Å². The van der Waals surface area contributed by atoms with E-state index < -0.39 is 60.5 Å². The van der Waals surface area contributed by atoms with Crippen LogP contribution in [0.1, 0.15) is 83.3 Å². The zero-order chi connectivity index (χ0) is 46.0. The number of carbonyl (C=O) groups excluding carboxylic acids is 4. The second kappa shape index (κ2) is 17.3. The summed E-state index contributed by atoms with van der Waals surface area (Å²) in [6, 6.07) is 8.64. The second-order valence-corrected chi connectivity index (χ2v) is 18.5. The number of hydrogen-bond donors (Lipinski definition) is 4. The minimum absolute atomic E-state index is 0.0558. The minimum Gasteiger partial charge on any atom is -0.469 e. The first kappa shape index (κ1) is 44.1. The SMILES string of the molecule is COC(=O)N[C@H](C(=O)N1C[C@H](F)C[C@H]1c1ncc(-c2ccc3c(c2)OC(C2CC2)n2c-3c(Cl)c3cc(-c4cnc([C@@H]5C[C@@H](F)CN5C(=O)[C@@H](NC(=O)OC)C(C)C)[nH]4)ccc32)[nH]1)C(C)C. The average Bonchev–Trinajstić information content (AvgIpc) is 3.71.